The van der Waals surface area contributed by atoms with E-state index in [0.717, 1.165) is 0 Å². The summed E-state index contributed by atoms with van der Waals surface area (Å²) < 4.78 is 6.29. The van der Waals surface area contributed by atoms with E-state index in [-0.39, 0.29) is 17.5 Å². The lowest BCUT2D eigenvalue weighted by Crippen LogP contribution is -2.37. The van der Waals surface area contributed by atoms with Gasteiger partial charge < -0.3 is 9.84 Å². The van der Waals surface area contributed by atoms with Crippen molar-refractivity contribution in [1.82, 2.24) is 15.0 Å². The van der Waals surface area contributed by atoms with E-state index < -0.39 is 11.6 Å². The average molecular weight is 269 g/mol. The topological polar surface area (TPSA) is 77.2 Å². The predicted molar refractivity (Wildman–Crippen MR) is 70.9 cm³/mol. The van der Waals surface area contributed by atoms with Crippen LogP contribution in [0.3, 0.4) is 0 Å². The summed E-state index contributed by atoms with van der Waals surface area (Å²) in [5, 5.41) is 18.2. The van der Waals surface area contributed by atoms with Crippen LogP contribution in [0.2, 0.25) is 0 Å². The minimum absolute atomic E-state index is 0.0621. The summed E-state index contributed by atoms with van der Waals surface area (Å²) in [5.41, 5.74) is -0.00472. The minimum atomic E-state index is -0.912. The molecule has 0 bridgehead atoms. The molecule has 1 aromatic heterocycles. The zero-order chi connectivity index (χ0) is 14.8. The standard InChI is InChI=1S/C13H23N3O3/c1-8(2)11-10(12(17)19-6)14-15-16(11)7-13(5,18)9(3)4/h8-9,18H,7H2,1-6H3. The molecule has 1 atom stereocenters. The molecule has 108 valence electrons. The second-order valence-electron chi connectivity index (χ2n) is 5.64. The molecular weight excluding hydrogens is 246 g/mol. The van der Waals surface area contributed by atoms with Crippen LogP contribution < -0.4 is 0 Å². The number of carbonyl (C=O) groups excluding carboxylic acids is 1. The van der Waals surface area contributed by atoms with Crippen LogP contribution in [0.15, 0.2) is 0 Å². The summed E-state index contributed by atoms with van der Waals surface area (Å²) >= 11 is 0. The molecule has 1 rings (SSSR count). The first-order chi connectivity index (χ1) is 8.70. The molecule has 0 saturated carbocycles. The minimum Gasteiger partial charge on any atom is -0.464 e. The van der Waals surface area contributed by atoms with Gasteiger partial charge in [-0.3, -0.25) is 0 Å². The number of carbonyl (C=O) groups is 1. The zero-order valence-corrected chi connectivity index (χ0v) is 12.5. The van der Waals surface area contributed by atoms with E-state index in [1.54, 1.807) is 11.6 Å². The number of rotatable bonds is 5. The maximum atomic E-state index is 11.7. The third-order valence-electron chi connectivity index (χ3n) is 3.41. The van der Waals surface area contributed by atoms with Gasteiger partial charge in [0.1, 0.15) is 0 Å². The van der Waals surface area contributed by atoms with Gasteiger partial charge in [-0.15, -0.1) is 5.10 Å². The van der Waals surface area contributed by atoms with E-state index in [2.05, 4.69) is 10.3 Å². The summed E-state index contributed by atoms with van der Waals surface area (Å²) in [6.07, 6.45) is 0. The molecule has 1 heterocycles. The lowest BCUT2D eigenvalue weighted by atomic mass is 9.92. The zero-order valence-electron chi connectivity index (χ0n) is 12.5. The monoisotopic (exact) mass is 269 g/mol. The second-order valence-corrected chi connectivity index (χ2v) is 5.64. The van der Waals surface area contributed by atoms with E-state index in [1.807, 2.05) is 27.7 Å². The van der Waals surface area contributed by atoms with Crippen molar-refractivity contribution in [2.45, 2.75) is 52.7 Å². The molecule has 6 heteroatoms. The largest absolute Gasteiger partial charge is 0.464 e. The van der Waals surface area contributed by atoms with Crippen molar-refractivity contribution in [2.24, 2.45) is 5.92 Å². The fourth-order valence-corrected chi connectivity index (χ4v) is 1.74. The van der Waals surface area contributed by atoms with Gasteiger partial charge in [0, 0.05) is 0 Å². The number of hydrogen-bond acceptors (Lipinski definition) is 5. The van der Waals surface area contributed by atoms with Gasteiger partial charge in [-0.1, -0.05) is 32.9 Å². The van der Waals surface area contributed by atoms with Crippen molar-refractivity contribution < 1.29 is 14.6 Å². The molecule has 0 aromatic carbocycles. The maximum Gasteiger partial charge on any atom is 0.360 e. The molecule has 1 unspecified atom stereocenters. The molecular formula is C13H23N3O3. The van der Waals surface area contributed by atoms with E-state index in [4.69, 9.17) is 4.74 Å². The molecule has 19 heavy (non-hydrogen) atoms. The second kappa shape index (κ2) is 5.69. The normalized spacial score (nSPS) is 14.8. The SMILES string of the molecule is COC(=O)c1nnn(CC(C)(O)C(C)C)c1C(C)C. The van der Waals surface area contributed by atoms with Gasteiger partial charge in [0.15, 0.2) is 5.69 Å². The maximum absolute atomic E-state index is 11.7. The fraction of sp³-hybridized carbons (Fsp3) is 0.769. The third kappa shape index (κ3) is 3.32. The summed E-state index contributed by atoms with van der Waals surface area (Å²) in [6.45, 7) is 9.82. The predicted octanol–water partition coefficient (Wildman–Crippen LogP) is 1.60. The highest BCUT2D eigenvalue weighted by Gasteiger charge is 2.30. The first kappa shape index (κ1) is 15.6. The Hall–Kier alpha value is -1.43. The Balaban J connectivity index is 3.16. The number of hydrogen-bond donors (Lipinski definition) is 1. The number of esters is 1. The van der Waals surface area contributed by atoms with Crippen LogP contribution in [0.1, 0.15) is 56.7 Å². The Morgan fingerprint density at radius 1 is 1.42 bits per heavy atom. The Kier molecular flexibility index (Phi) is 4.68. The Morgan fingerprint density at radius 2 is 2.00 bits per heavy atom. The van der Waals surface area contributed by atoms with Crippen LogP contribution >= 0.6 is 0 Å². The number of aromatic nitrogens is 3. The van der Waals surface area contributed by atoms with Crippen molar-refractivity contribution in [3.05, 3.63) is 11.4 Å². The molecule has 6 nitrogen and oxygen atoms in total. The highest BCUT2D eigenvalue weighted by atomic mass is 16.5. The van der Waals surface area contributed by atoms with Gasteiger partial charge in [0.2, 0.25) is 0 Å². The Morgan fingerprint density at radius 3 is 2.42 bits per heavy atom. The van der Waals surface area contributed by atoms with E-state index in [1.165, 1.54) is 7.11 Å². The van der Waals surface area contributed by atoms with Crippen molar-refractivity contribution in [3.8, 4) is 0 Å². The van der Waals surface area contributed by atoms with Crippen LogP contribution in [0.5, 0.6) is 0 Å². The highest BCUT2D eigenvalue weighted by Crippen LogP contribution is 2.23. The number of nitrogens with zero attached hydrogens (tertiary/aromatic N) is 3. The van der Waals surface area contributed by atoms with Crippen LogP contribution in [0.25, 0.3) is 0 Å². The van der Waals surface area contributed by atoms with Gasteiger partial charge in [-0.05, 0) is 18.8 Å². The quantitative estimate of drug-likeness (QED) is 0.821. The highest BCUT2D eigenvalue weighted by molar-refractivity contribution is 5.88. The molecule has 1 aromatic rings. The van der Waals surface area contributed by atoms with Gasteiger partial charge in [-0.2, -0.15) is 0 Å². The van der Waals surface area contributed by atoms with Crippen molar-refractivity contribution in [2.75, 3.05) is 7.11 Å². The van der Waals surface area contributed by atoms with E-state index in [0.29, 0.717) is 12.2 Å². The lowest BCUT2D eigenvalue weighted by Gasteiger charge is -2.28. The third-order valence-corrected chi connectivity index (χ3v) is 3.41. The summed E-state index contributed by atoms with van der Waals surface area (Å²) in [7, 11) is 1.32. The van der Waals surface area contributed by atoms with E-state index in [9.17, 15) is 9.90 Å². The first-order valence-corrected chi connectivity index (χ1v) is 6.44. The number of ether oxygens (including phenoxy) is 1. The smallest absolute Gasteiger partial charge is 0.360 e. The van der Waals surface area contributed by atoms with Crippen LogP contribution in [-0.2, 0) is 11.3 Å². The van der Waals surface area contributed by atoms with Crippen LogP contribution in [0.4, 0.5) is 0 Å². The lowest BCUT2D eigenvalue weighted by molar-refractivity contribution is -0.00698. The van der Waals surface area contributed by atoms with Gasteiger partial charge in [0.25, 0.3) is 0 Å². The number of aliphatic hydroxyl groups is 1. The molecule has 0 amide bonds. The van der Waals surface area contributed by atoms with Gasteiger partial charge >= 0.3 is 5.97 Å². The summed E-state index contributed by atoms with van der Waals surface area (Å²) in [5.74, 6) is -0.371. The number of methoxy groups -OCH3 is 1. The summed E-state index contributed by atoms with van der Waals surface area (Å²) in [6, 6.07) is 0. The summed E-state index contributed by atoms with van der Waals surface area (Å²) in [4.78, 5) is 11.7. The van der Waals surface area contributed by atoms with Gasteiger partial charge in [-0.25, -0.2) is 9.48 Å². The Bertz CT molecular complexity index is 450. The molecule has 1 N–H and O–H groups in total. The molecule has 0 saturated heterocycles. The molecule has 0 aliphatic heterocycles. The Labute approximate surface area is 113 Å². The van der Waals surface area contributed by atoms with Crippen molar-refractivity contribution in [1.29, 1.82) is 0 Å². The average Bonchev–Trinajstić information content (AvgIpc) is 2.70. The molecule has 0 spiro atoms. The fourth-order valence-electron chi connectivity index (χ4n) is 1.74. The van der Waals surface area contributed by atoms with E-state index >= 15 is 0 Å². The molecule has 0 fully saturated rings. The molecule has 0 radical (unpaired) electrons. The van der Waals surface area contributed by atoms with Crippen LogP contribution in [-0.4, -0.2) is 38.8 Å². The van der Waals surface area contributed by atoms with Crippen molar-refractivity contribution in [3.63, 3.8) is 0 Å². The molecule has 0 aliphatic carbocycles. The van der Waals surface area contributed by atoms with Crippen molar-refractivity contribution >= 4 is 5.97 Å². The molecule has 0 aliphatic rings. The van der Waals surface area contributed by atoms with Crippen LogP contribution in [0, 0.1) is 5.92 Å². The van der Waals surface area contributed by atoms with Gasteiger partial charge in [0.05, 0.1) is 24.9 Å². The first-order valence-electron chi connectivity index (χ1n) is 6.44.